The van der Waals surface area contributed by atoms with Gasteiger partial charge in [0, 0.05) is 20.2 Å². The number of hydrogen-bond acceptors (Lipinski definition) is 5. The van der Waals surface area contributed by atoms with Gasteiger partial charge in [-0.2, -0.15) is 0 Å². The number of aromatic nitrogens is 2. The van der Waals surface area contributed by atoms with E-state index in [9.17, 15) is 0 Å². The molecule has 0 unspecified atom stereocenters. The molecule has 1 heterocycles. The Morgan fingerprint density at radius 1 is 1.20 bits per heavy atom. The van der Waals surface area contributed by atoms with E-state index in [2.05, 4.69) is 20.6 Å². The van der Waals surface area contributed by atoms with Crippen molar-refractivity contribution < 1.29 is 4.74 Å². The number of nitrogens with zero attached hydrogens (tertiary/aromatic N) is 2. The van der Waals surface area contributed by atoms with Gasteiger partial charge in [-0.15, -0.1) is 0 Å². The average molecular weight is 293 g/mol. The van der Waals surface area contributed by atoms with Crippen molar-refractivity contribution in [2.24, 2.45) is 0 Å². The van der Waals surface area contributed by atoms with Crippen molar-refractivity contribution in [1.29, 1.82) is 0 Å². The van der Waals surface area contributed by atoms with Gasteiger partial charge in [-0.1, -0.05) is 17.7 Å². The Balaban J connectivity index is 2.29. The van der Waals surface area contributed by atoms with Gasteiger partial charge in [0.2, 0.25) is 0 Å². The van der Waals surface area contributed by atoms with E-state index < -0.39 is 0 Å². The summed E-state index contributed by atoms with van der Waals surface area (Å²) in [6, 6.07) is 7.63. The molecule has 0 amide bonds. The minimum atomic E-state index is 0.353. The molecule has 1 aromatic carbocycles. The molecule has 0 radical (unpaired) electrons. The van der Waals surface area contributed by atoms with Gasteiger partial charge in [-0.25, -0.2) is 9.97 Å². The zero-order chi connectivity index (χ0) is 14.5. The molecular formula is C14H17ClN4O. The van der Waals surface area contributed by atoms with Gasteiger partial charge in [0.15, 0.2) is 5.82 Å². The summed E-state index contributed by atoms with van der Waals surface area (Å²) in [5.41, 5.74) is 1.92. The predicted octanol–water partition coefficient (Wildman–Crippen LogP) is 3.37. The summed E-state index contributed by atoms with van der Waals surface area (Å²) >= 11 is 6.21. The molecule has 0 aliphatic carbocycles. The fourth-order valence-electron chi connectivity index (χ4n) is 1.74. The molecule has 0 saturated heterocycles. The Hall–Kier alpha value is -1.85. The number of hydrogen-bond donors (Lipinski definition) is 2. The van der Waals surface area contributed by atoms with Gasteiger partial charge in [-0.3, -0.25) is 0 Å². The van der Waals surface area contributed by atoms with Crippen LogP contribution in [0.1, 0.15) is 11.4 Å². The van der Waals surface area contributed by atoms with Crippen molar-refractivity contribution in [1.82, 2.24) is 9.97 Å². The molecule has 1 aromatic heterocycles. The molecule has 2 N–H and O–H groups in total. The van der Waals surface area contributed by atoms with E-state index in [1.165, 1.54) is 0 Å². The third kappa shape index (κ3) is 3.59. The standard InChI is InChI=1S/C14H17ClN4O/c1-9-4-5-11(10(15)6-9)17-13-7-12(16-2)18-14(19-13)8-20-3/h4-7H,8H2,1-3H3,(H2,16,17,18,19). The van der Waals surface area contributed by atoms with Crippen LogP contribution in [-0.2, 0) is 11.3 Å². The van der Waals surface area contributed by atoms with Crippen LogP contribution in [0, 0.1) is 6.92 Å². The van der Waals surface area contributed by atoms with E-state index in [1.807, 2.05) is 38.2 Å². The summed E-state index contributed by atoms with van der Waals surface area (Å²) in [7, 11) is 3.42. The Labute approximate surface area is 123 Å². The van der Waals surface area contributed by atoms with Crippen LogP contribution in [0.4, 0.5) is 17.3 Å². The van der Waals surface area contributed by atoms with Crippen LogP contribution >= 0.6 is 11.6 Å². The summed E-state index contributed by atoms with van der Waals surface area (Å²) in [4.78, 5) is 8.68. The first-order valence-corrected chi connectivity index (χ1v) is 6.58. The van der Waals surface area contributed by atoms with Gasteiger partial charge in [0.1, 0.15) is 18.2 Å². The highest BCUT2D eigenvalue weighted by Crippen LogP contribution is 2.26. The topological polar surface area (TPSA) is 59.1 Å². The molecule has 6 heteroatoms. The van der Waals surface area contributed by atoms with Crippen molar-refractivity contribution in [3.8, 4) is 0 Å². The molecule has 0 spiro atoms. The van der Waals surface area contributed by atoms with Gasteiger partial charge < -0.3 is 15.4 Å². The first-order chi connectivity index (χ1) is 9.62. The number of rotatable bonds is 5. The quantitative estimate of drug-likeness (QED) is 0.885. The molecule has 2 aromatic rings. The summed E-state index contributed by atoms with van der Waals surface area (Å²) in [6.45, 7) is 2.35. The lowest BCUT2D eigenvalue weighted by Gasteiger charge is -2.11. The molecule has 2 rings (SSSR count). The smallest absolute Gasteiger partial charge is 0.158 e. The van der Waals surface area contributed by atoms with E-state index in [0.29, 0.717) is 23.3 Å². The van der Waals surface area contributed by atoms with Crippen molar-refractivity contribution in [3.63, 3.8) is 0 Å². The second-order valence-corrected chi connectivity index (χ2v) is 4.75. The van der Waals surface area contributed by atoms with Gasteiger partial charge in [-0.05, 0) is 24.6 Å². The van der Waals surface area contributed by atoms with Gasteiger partial charge in [0.05, 0.1) is 10.7 Å². The van der Waals surface area contributed by atoms with Crippen molar-refractivity contribution in [2.75, 3.05) is 24.8 Å². The predicted molar refractivity (Wildman–Crippen MR) is 81.8 cm³/mol. The van der Waals surface area contributed by atoms with Crippen LogP contribution < -0.4 is 10.6 Å². The van der Waals surface area contributed by atoms with E-state index in [1.54, 1.807) is 7.11 Å². The minimum absolute atomic E-state index is 0.353. The van der Waals surface area contributed by atoms with E-state index in [0.717, 1.165) is 17.1 Å². The zero-order valence-electron chi connectivity index (χ0n) is 11.7. The van der Waals surface area contributed by atoms with Crippen molar-refractivity contribution in [2.45, 2.75) is 13.5 Å². The molecule has 0 aliphatic rings. The largest absolute Gasteiger partial charge is 0.377 e. The maximum absolute atomic E-state index is 6.21. The molecular weight excluding hydrogens is 276 g/mol. The highest BCUT2D eigenvalue weighted by Gasteiger charge is 2.06. The van der Waals surface area contributed by atoms with E-state index in [-0.39, 0.29) is 0 Å². The van der Waals surface area contributed by atoms with Crippen LogP contribution in [0.15, 0.2) is 24.3 Å². The van der Waals surface area contributed by atoms with Gasteiger partial charge in [0.25, 0.3) is 0 Å². The Morgan fingerprint density at radius 3 is 2.60 bits per heavy atom. The van der Waals surface area contributed by atoms with Crippen LogP contribution in [0.2, 0.25) is 5.02 Å². The summed E-state index contributed by atoms with van der Waals surface area (Å²) in [5.74, 6) is 1.99. The number of methoxy groups -OCH3 is 1. The van der Waals surface area contributed by atoms with E-state index in [4.69, 9.17) is 16.3 Å². The lowest BCUT2D eigenvalue weighted by Crippen LogP contribution is -2.05. The Morgan fingerprint density at radius 2 is 1.95 bits per heavy atom. The third-order valence-corrected chi connectivity index (χ3v) is 3.00. The van der Waals surface area contributed by atoms with Crippen LogP contribution in [0.5, 0.6) is 0 Å². The van der Waals surface area contributed by atoms with Crippen molar-refractivity contribution >= 4 is 28.9 Å². The summed E-state index contributed by atoms with van der Waals surface area (Å²) in [6.07, 6.45) is 0. The second kappa shape index (κ2) is 6.54. The first kappa shape index (κ1) is 14.6. The zero-order valence-corrected chi connectivity index (χ0v) is 12.5. The highest BCUT2D eigenvalue weighted by molar-refractivity contribution is 6.33. The third-order valence-electron chi connectivity index (χ3n) is 2.69. The number of benzene rings is 1. The lowest BCUT2D eigenvalue weighted by molar-refractivity contribution is 0.178. The second-order valence-electron chi connectivity index (χ2n) is 4.35. The lowest BCUT2D eigenvalue weighted by atomic mass is 10.2. The maximum atomic E-state index is 6.21. The monoisotopic (exact) mass is 292 g/mol. The van der Waals surface area contributed by atoms with Crippen molar-refractivity contribution in [3.05, 3.63) is 40.7 Å². The molecule has 106 valence electrons. The number of anilines is 3. The first-order valence-electron chi connectivity index (χ1n) is 6.20. The summed E-state index contributed by atoms with van der Waals surface area (Å²) < 4.78 is 5.07. The normalized spacial score (nSPS) is 10.4. The fraction of sp³-hybridized carbons (Fsp3) is 0.286. The number of ether oxygens (including phenoxy) is 1. The van der Waals surface area contributed by atoms with Crippen LogP contribution in [0.25, 0.3) is 0 Å². The number of halogens is 1. The molecule has 5 nitrogen and oxygen atoms in total. The molecule has 0 saturated carbocycles. The van der Waals surface area contributed by atoms with E-state index >= 15 is 0 Å². The summed E-state index contributed by atoms with van der Waals surface area (Å²) in [5, 5.41) is 6.85. The minimum Gasteiger partial charge on any atom is -0.377 e. The van der Waals surface area contributed by atoms with Crippen LogP contribution in [0.3, 0.4) is 0 Å². The SMILES string of the molecule is CNc1cc(Nc2ccc(C)cc2Cl)nc(COC)n1. The average Bonchev–Trinajstić information content (AvgIpc) is 2.42. The highest BCUT2D eigenvalue weighted by atomic mass is 35.5. The molecule has 0 fully saturated rings. The Kier molecular flexibility index (Phi) is 4.76. The molecule has 20 heavy (non-hydrogen) atoms. The molecule has 0 aliphatic heterocycles. The number of aryl methyl sites for hydroxylation is 1. The maximum Gasteiger partial charge on any atom is 0.158 e. The molecule has 0 bridgehead atoms. The number of nitrogens with one attached hydrogen (secondary N) is 2. The van der Waals surface area contributed by atoms with Gasteiger partial charge >= 0.3 is 0 Å². The van der Waals surface area contributed by atoms with Crippen LogP contribution in [-0.4, -0.2) is 24.1 Å². The molecule has 0 atom stereocenters. The fourth-order valence-corrected chi connectivity index (χ4v) is 2.02. The Bertz CT molecular complexity index is 604.